The van der Waals surface area contributed by atoms with Crippen LogP contribution in [0.25, 0.3) is 6.08 Å². The molecule has 1 N–H and O–H groups in total. The Morgan fingerprint density at radius 3 is 2.66 bits per heavy atom. The molecule has 0 aromatic heterocycles. The first-order valence-electron chi connectivity index (χ1n) is 10.5. The number of aliphatic imine (C=N–C) groups is 1. The summed E-state index contributed by atoms with van der Waals surface area (Å²) in [5, 5.41) is 15.7. The summed E-state index contributed by atoms with van der Waals surface area (Å²) in [6.07, 6.45) is 3.38. The molecule has 7 nitrogen and oxygen atoms in total. The zero-order valence-corrected chi connectivity index (χ0v) is 18.8. The lowest BCUT2D eigenvalue weighted by Crippen LogP contribution is -2.35. The third kappa shape index (κ3) is 4.75. The number of hydrogen-bond donors (Lipinski definition) is 1. The number of amidine groups is 2. The molecule has 0 radical (unpaired) electrons. The fraction of sp³-hybridized carbons (Fsp3) is 0.250. The monoisotopic (exact) mass is 448 g/mol. The molecule has 2 aromatic rings. The molecular formula is C24H24N4O3S. The lowest BCUT2D eigenvalue weighted by atomic mass is 10.1. The molecule has 0 fully saturated rings. The van der Waals surface area contributed by atoms with E-state index in [-0.39, 0.29) is 11.4 Å². The van der Waals surface area contributed by atoms with Crippen LogP contribution in [0.1, 0.15) is 37.8 Å². The van der Waals surface area contributed by atoms with E-state index in [1.165, 1.54) is 16.8 Å². The Balaban J connectivity index is 1.57. The Morgan fingerprint density at radius 2 is 1.91 bits per heavy atom. The first-order valence-corrected chi connectivity index (χ1v) is 11.3. The molecule has 2 aliphatic rings. The number of ether oxygens (including phenoxy) is 2. The highest BCUT2D eigenvalue weighted by Crippen LogP contribution is 2.32. The minimum atomic E-state index is -0.441. The van der Waals surface area contributed by atoms with Crippen molar-refractivity contribution in [2.75, 3.05) is 6.61 Å². The summed E-state index contributed by atoms with van der Waals surface area (Å²) in [6, 6.07) is 15.4. The lowest BCUT2D eigenvalue weighted by Gasteiger charge is -2.20. The Hall–Kier alpha value is -3.39. The van der Waals surface area contributed by atoms with E-state index in [0.29, 0.717) is 29.9 Å². The van der Waals surface area contributed by atoms with Gasteiger partial charge in [-0.2, -0.15) is 15.1 Å². The second kappa shape index (κ2) is 9.82. The number of carbonyl (C=O) groups excluding carboxylic acids is 1. The van der Waals surface area contributed by atoms with Crippen LogP contribution >= 0.6 is 11.8 Å². The van der Waals surface area contributed by atoms with Gasteiger partial charge in [-0.05, 0) is 60.9 Å². The highest BCUT2D eigenvalue weighted by Gasteiger charge is 2.35. The zero-order chi connectivity index (χ0) is 22.5. The molecule has 8 heteroatoms. The normalized spacial score (nSPS) is 16.7. The van der Waals surface area contributed by atoms with Crippen molar-refractivity contribution in [3.05, 3.63) is 65.2 Å². The average molecular weight is 449 g/mol. The molecule has 164 valence electrons. The summed E-state index contributed by atoms with van der Waals surface area (Å²) >= 11 is 1.35. The number of nitrogens with zero attached hydrogens (tertiary/aromatic N) is 3. The van der Waals surface area contributed by atoms with Gasteiger partial charge in [0, 0.05) is 0 Å². The number of hydrazone groups is 1. The predicted molar refractivity (Wildman–Crippen MR) is 128 cm³/mol. The van der Waals surface area contributed by atoms with E-state index < -0.39 is 5.91 Å². The molecule has 2 heterocycles. The van der Waals surface area contributed by atoms with Crippen molar-refractivity contribution in [1.29, 1.82) is 5.41 Å². The van der Waals surface area contributed by atoms with Crippen LogP contribution in [0, 0.1) is 5.41 Å². The Bertz CT molecular complexity index is 1130. The molecule has 1 amide bonds. The van der Waals surface area contributed by atoms with E-state index >= 15 is 0 Å². The molecule has 0 saturated heterocycles. The smallest absolute Gasteiger partial charge is 0.283 e. The zero-order valence-electron chi connectivity index (χ0n) is 18.0. The minimum absolute atomic E-state index is 0.0287. The summed E-state index contributed by atoms with van der Waals surface area (Å²) in [4.78, 5) is 16.7. The maximum Gasteiger partial charge on any atom is 0.283 e. The average Bonchev–Trinajstić information content (AvgIpc) is 3.20. The highest BCUT2D eigenvalue weighted by atomic mass is 32.2. The summed E-state index contributed by atoms with van der Waals surface area (Å²) < 4.78 is 11.7. The summed E-state index contributed by atoms with van der Waals surface area (Å²) in [5.74, 6) is 0.787. The quantitative estimate of drug-likeness (QED) is 0.569. The fourth-order valence-corrected chi connectivity index (χ4v) is 4.24. The SMILES string of the molecule is CCCC1=NN2C(=N)/C(=C/c3ccc(OCc4ccccc4)c(OCC)c3)C(=O)N=C2S1. The predicted octanol–water partition coefficient (Wildman–Crippen LogP) is 5.08. The van der Waals surface area contributed by atoms with E-state index in [0.717, 1.165) is 29.0 Å². The molecule has 0 aliphatic carbocycles. The van der Waals surface area contributed by atoms with Crippen LogP contribution in [0.4, 0.5) is 0 Å². The number of hydrogen-bond acceptors (Lipinski definition) is 6. The van der Waals surface area contributed by atoms with Gasteiger partial charge in [-0.15, -0.1) is 0 Å². The summed E-state index contributed by atoms with van der Waals surface area (Å²) in [7, 11) is 0. The van der Waals surface area contributed by atoms with Crippen LogP contribution in [0.5, 0.6) is 11.5 Å². The van der Waals surface area contributed by atoms with Gasteiger partial charge < -0.3 is 9.47 Å². The standard InChI is InChI=1S/C24H24N4O3S/c1-3-8-21-27-28-22(25)18(23(29)26-24(28)32-21)13-17-11-12-19(20(14-17)30-4-2)31-15-16-9-6-5-7-10-16/h5-7,9-14,25H,3-4,8,15H2,1-2H3/b18-13-,25-22?. The Morgan fingerprint density at radius 1 is 1.09 bits per heavy atom. The van der Waals surface area contributed by atoms with Crippen molar-refractivity contribution in [1.82, 2.24) is 5.01 Å². The van der Waals surface area contributed by atoms with Crippen LogP contribution in [0.15, 0.2) is 64.2 Å². The molecule has 0 bridgehead atoms. The van der Waals surface area contributed by atoms with Crippen LogP contribution in [-0.2, 0) is 11.4 Å². The first kappa shape index (κ1) is 21.8. The largest absolute Gasteiger partial charge is 0.490 e. The van der Waals surface area contributed by atoms with E-state index in [2.05, 4.69) is 17.0 Å². The fourth-order valence-electron chi connectivity index (χ4n) is 3.25. The van der Waals surface area contributed by atoms with E-state index in [1.54, 1.807) is 12.1 Å². The molecule has 32 heavy (non-hydrogen) atoms. The van der Waals surface area contributed by atoms with Gasteiger partial charge in [0.25, 0.3) is 5.91 Å². The number of nitrogens with one attached hydrogen (secondary N) is 1. The molecule has 4 rings (SSSR count). The van der Waals surface area contributed by atoms with Crippen molar-refractivity contribution >= 4 is 39.8 Å². The van der Waals surface area contributed by atoms with Gasteiger partial charge in [0.2, 0.25) is 5.17 Å². The van der Waals surface area contributed by atoms with Crippen molar-refractivity contribution in [2.24, 2.45) is 10.1 Å². The number of amides is 1. The van der Waals surface area contributed by atoms with E-state index in [1.807, 2.05) is 49.4 Å². The van der Waals surface area contributed by atoms with Gasteiger partial charge >= 0.3 is 0 Å². The maximum atomic E-state index is 12.6. The molecule has 0 unspecified atom stereocenters. The molecule has 0 atom stereocenters. The van der Waals surface area contributed by atoms with Gasteiger partial charge in [-0.25, -0.2) is 0 Å². The lowest BCUT2D eigenvalue weighted by molar-refractivity contribution is -0.114. The number of rotatable bonds is 8. The first-order chi connectivity index (χ1) is 15.6. The van der Waals surface area contributed by atoms with E-state index in [9.17, 15) is 4.79 Å². The number of thioether (sulfide) groups is 1. The van der Waals surface area contributed by atoms with Gasteiger partial charge in [0.15, 0.2) is 17.3 Å². The molecule has 0 saturated carbocycles. The van der Waals surface area contributed by atoms with Crippen molar-refractivity contribution in [2.45, 2.75) is 33.3 Å². The Kier molecular flexibility index (Phi) is 6.70. The van der Waals surface area contributed by atoms with Crippen LogP contribution in [0.2, 0.25) is 0 Å². The van der Waals surface area contributed by atoms with Gasteiger partial charge in [-0.3, -0.25) is 10.2 Å². The molecule has 2 aliphatic heterocycles. The molecule has 2 aromatic carbocycles. The van der Waals surface area contributed by atoms with Gasteiger partial charge in [0.05, 0.1) is 12.2 Å². The second-order valence-corrected chi connectivity index (χ2v) is 8.22. The third-order valence-electron chi connectivity index (χ3n) is 4.78. The van der Waals surface area contributed by atoms with Gasteiger partial charge in [-0.1, -0.05) is 43.3 Å². The highest BCUT2D eigenvalue weighted by molar-refractivity contribution is 8.26. The summed E-state index contributed by atoms with van der Waals surface area (Å²) in [5.41, 5.74) is 1.97. The Labute approximate surface area is 191 Å². The molecular weight excluding hydrogens is 424 g/mol. The molecule has 0 spiro atoms. The third-order valence-corrected chi connectivity index (χ3v) is 5.74. The van der Waals surface area contributed by atoms with Gasteiger partial charge in [0.1, 0.15) is 11.7 Å². The number of fused-ring (bicyclic) bond motifs is 1. The van der Waals surface area contributed by atoms with Crippen molar-refractivity contribution in [3.63, 3.8) is 0 Å². The van der Waals surface area contributed by atoms with Crippen LogP contribution < -0.4 is 9.47 Å². The number of benzene rings is 2. The van der Waals surface area contributed by atoms with Crippen LogP contribution in [-0.4, -0.2) is 33.6 Å². The van der Waals surface area contributed by atoms with Crippen LogP contribution in [0.3, 0.4) is 0 Å². The van der Waals surface area contributed by atoms with Crippen molar-refractivity contribution < 1.29 is 14.3 Å². The number of carbonyl (C=O) groups is 1. The summed E-state index contributed by atoms with van der Waals surface area (Å²) in [6.45, 7) is 4.86. The maximum absolute atomic E-state index is 12.6. The second-order valence-electron chi connectivity index (χ2n) is 7.18. The minimum Gasteiger partial charge on any atom is -0.490 e. The van der Waals surface area contributed by atoms with E-state index in [4.69, 9.17) is 14.9 Å². The van der Waals surface area contributed by atoms with Crippen molar-refractivity contribution in [3.8, 4) is 11.5 Å². The topological polar surface area (TPSA) is 87.3 Å².